The summed E-state index contributed by atoms with van der Waals surface area (Å²) in [6.07, 6.45) is 1.14. The third kappa shape index (κ3) is 2.94. The molecule has 0 aliphatic carbocycles. The number of fused-ring (bicyclic) bond motifs is 1. The summed E-state index contributed by atoms with van der Waals surface area (Å²) in [6, 6.07) is 1.97. The molecule has 0 saturated heterocycles. The second kappa shape index (κ2) is 5.76. The number of aromatic nitrogens is 2. The van der Waals surface area contributed by atoms with Gasteiger partial charge < -0.3 is 0 Å². The number of thiophene rings is 1. The van der Waals surface area contributed by atoms with Crippen LogP contribution in [0.15, 0.2) is 11.4 Å². The molecule has 0 radical (unpaired) electrons. The summed E-state index contributed by atoms with van der Waals surface area (Å²) in [4.78, 5) is 12.2. The van der Waals surface area contributed by atoms with Gasteiger partial charge in [0.05, 0.1) is 6.54 Å². The van der Waals surface area contributed by atoms with Gasteiger partial charge in [-0.3, -0.25) is 4.90 Å². The molecular weight excluding hydrogens is 254 g/mol. The van der Waals surface area contributed by atoms with E-state index >= 15 is 0 Å². The molecule has 0 amide bonds. The fourth-order valence-electron chi connectivity index (χ4n) is 1.80. The van der Waals surface area contributed by atoms with Crippen LogP contribution in [0.4, 0.5) is 0 Å². The van der Waals surface area contributed by atoms with Crippen LogP contribution in [0.25, 0.3) is 10.2 Å². The third-order valence-corrected chi connectivity index (χ3v) is 3.77. The minimum Gasteiger partial charge on any atom is -0.296 e. The van der Waals surface area contributed by atoms with Crippen molar-refractivity contribution in [3.8, 4) is 0 Å². The van der Waals surface area contributed by atoms with E-state index < -0.39 is 0 Å². The van der Waals surface area contributed by atoms with E-state index in [0.717, 1.165) is 42.1 Å². The summed E-state index contributed by atoms with van der Waals surface area (Å²) in [6.45, 7) is 7.19. The molecule has 0 spiro atoms. The minimum absolute atomic E-state index is 0.568. The lowest BCUT2D eigenvalue weighted by atomic mass is 10.3. The van der Waals surface area contributed by atoms with E-state index in [1.807, 2.05) is 11.4 Å². The maximum Gasteiger partial charge on any atom is 0.145 e. The number of hydrogen-bond donors (Lipinski definition) is 0. The van der Waals surface area contributed by atoms with E-state index in [0.29, 0.717) is 5.15 Å². The molecule has 0 bridgehead atoms. The first-order valence-corrected chi connectivity index (χ1v) is 7.12. The van der Waals surface area contributed by atoms with E-state index in [1.54, 1.807) is 11.3 Å². The Balaban J connectivity index is 2.23. The Labute approximate surface area is 110 Å². The van der Waals surface area contributed by atoms with Gasteiger partial charge in [-0.15, -0.1) is 11.3 Å². The molecule has 2 heterocycles. The van der Waals surface area contributed by atoms with Crippen LogP contribution >= 0.6 is 22.9 Å². The van der Waals surface area contributed by atoms with Crippen molar-refractivity contribution in [2.24, 2.45) is 0 Å². The van der Waals surface area contributed by atoms with Crippen LogP contribution in [-0.4, -0.2) is 28.0 Å². The molecule has 0 N–H and O–H groups in total. The van der Waals surface area contributed by atoms with Crippen LogP contribution in [0.5, 0.6) is 0 Å². The van der Waals surface area contributed by atoms with E-state index in [2.05, 4.69) is 28.7 Å². The average molecular weight is 270 g/mol. The first kappa shape index (κ1) is 12.7. The maximum atomic E-state index is 6.14. The molecular formula is C12H16ClN3S. The molecule has 2 aromatic rings. The molecule has 0 saturated carbocycles. The Morgan fingerprint density at radius 1 is 1.35 bits per heavy atom. The van der Waals surface area contributed by atoms with Gasteiger partial charge in [0.2, 0.25) is 0 Å². The highest BCUT2D eigenvalue weighted by atomic mass is 35.5. The summed E-state index contributed by atoms with van der Waals surface area (Å²) < 4.78 is 0. The van der Waals surface area contributed by atoms with Crippen LogP contribution in [-0.2, 0) is 6.54 Å². The molecule has 2 rings (SSSR count). The zero-order chi connectivity index (χ0) is 12.3. The van der Waals surface area contributed by atoms with Crippen molar-refractivity contribution < 1.29 is 0 Å². The van der Waals surface area contributed by atoms with Gasteiger partial charge in [0, 0.05) is 5.39 Å². The summed E-state index contributed by atoms with van der Waals surface area (Å²) in [5.41, 5.74) is 0. The molecule has 5 heteroatoms. The third-order valence-electron chi connectivity index (χ3n) is 2.68. The van der Waals surface area contributed by atoms with Crippen molar-refractivity contribution in [3.05, 3.63) is 22.4 Å². The highest BCUT2D eigenvalue weighted by Crippen LogP contribution is 2.24. The summed E-state index contributed by atoms with van der Waals surface area (Å²) in [5, 5.41) is 3.52. The fraction of sp³-hybridized carbons (Fsp3) is 0.500. The second-order valence-electron chi connectivity index (χ2n) is 3.94. The van der Waals surface area contributed by atoms with Crippen molar-refractivity contribution in [1.82, 2.24) is 14.9 Å². The maximum absolute atomic E-state index is 6.14. The molecule has 0 unspecified atom stereocenters. The molecule has 0 aliphatic rings. The Kier molecular flexibility index (Phi) is 4.31. The predicted molar refractivity (Wildman–Crippen MR) is 73.7 cm³/mol. The van der Waals surface area contributed by atoms with Gasteiger partial charge in [-0.2, -0.15) is 0 Å². The standard InChI is InChI=1S/C12H16ClN3S/c1-3-6-16(4-2)8-10-14-11(13)9-5-7-17-12(9)15-10/h5,7H,3-4,6,8H2,1-2H3. The van der Waals surface area contributed by atoms with Gasteiger partial charge in [0.1, 0.15) is 15.8 Å². The molecule has 0 fully saturated rings. The fourth-order valence-corrected chi connectivity index (χ4v) is 2.89. The number of hydrogen-bond acceptors (Lipinski definition) is 4. The highest BCUT2D eigenvalue weighted by Gasteiger charge is 2.09. The van der Waals surface area contributed by atoms with E-state index in [1.165, 1.54) is 0 Å². The van der Waals surface area contributed by atoms with Crippen molar-refractivity contribution in [2.75, 3.05) is 13.1 Å². The Hall–Kier alpha value is -0.710. The van der Waals surface area contributed by atoms with E-state index in [-0.39, 0.29) is 0 Å². The topological polar surface area (TPSA) is 29.0 Å². The van der Waals surface area contributed by atoms with Gasteiger partial charge in [-0.25, -0.2) is 9.97 Å². The molecule has 17 heavy (non-hydrogen) atoms. The lowest BCUT2D eigenvalue weighted by molar-refractivity contribution is 0.274. The average Bonchev–Trinajstić information content (AvgIpc) is 2.77. The zero-order valence-electron chi connectivity index (χ0n) is 10.1. The van der Waals surface area contributed by atoms with Crippen molar-refractivity contribution >= 4 is 33.2 Å². The quantitative estimate of drug-likeness (QED) is 0.777. The van der Waals surface area contributed by atoms with Crippen LogP contribution in [0.3, 0.4) is 0 Å². The largest absolute Gasteiger partial charge is 0.296 e. The number of nitrogens with zero attached hydrogens (tertiary/aromatic N) is 3. The van der Waals surface area contributed by atoms with Gasteiger partial charge in [-0.05, 0) is 31.0 Å². The number of rotatable bonds is 5. The van der Waals surface area contributed by atoms with E-state index in [9.17, 15) is 0 Å². The summed E-state index contributed by atoms with van der Waals surface area (Å²) >= 11 is 7.75. The summed E-state index contributed by atoms with van der Waals surface area (Å²) in [5.74, 6) is 0.820. The zero-order valence-corrected chi connectivity index (χ0v) is 11.7. The molecule has 2 aromatic heterocycles. The monoisotopic (exact) mass is 269 g/mol. The molecule has 0 aromatic carbocycles. The van der Waals surface area contributed by atoms with Gasteiger partial charge in [0.25, 0.3) is 0 Å². The lowest BCUT2D eigenvalue weighted by Crippen LogP contribution is -2.24. The van der Waals surface area contributed by atoms with Gasteiger partial charge in [0.15, 0.2) is 0 Å². The Morgan fingerprint density at radius 2 is 2.18 bits per heavy atom. The predicted octanol–water partition coefficient (Wildman–Crippen LogP) is 3.58. The van der Waals surface area contributed by atoms with Gasteiger partial charge in [-0.1, -0.05) is 25.4 Å². The van der Waals surface area contributed by atoms with Crippen LogP contribution in [0.1, 0.15) is 26.1 Å². The highest BCUT2D eigenvalue weighted by molar-refractivity contribution is 7.16. The van der Waals surface area contributed by atoms with Crippen LogP contribution in [0, 0.1) is 0 Å². The normalized spacial score (nSPS) is 11.5. The SMILES string of the molecule is CCCN(CC)Cc1nc(Cl)c2ccsc2n1. The Bertz CT molecular complexity index is 497. The van der Waals surface area contributed by atoms with Crippen molar-refractivity contribution in [2.45, 2.75) is 26.8 Å². The minimum atomic E-state index is 0.568. The van der Waals surface area contributed by atoms with Gasteiger partial charge >= 0.3 is 0 Å². The second-order valence-corrected chi connectivity index (χ2v) is 5.19. The molecule has 3 nitrogen and oxygen atoms in total. The Morgan fingerprint density at radius 3 is 2.88 bits per heavy atom. The summed E-state index contributed by atoms with van der Waals surface area (Å²) in [7, 11) is 0. The lowest BCUT2D eigenvalue weighted by Gasteiger charge is -2.18. The molecule has 0 atom stereocenters. The van der Waals surface area contributed by atoms with Crippen molar-refractivity contribution in [3.63, 3.8) is 0 Å². The van der Waals surface area contributed by atoms with Crippen LogP contribution < -0.4 is 0 Å². The number of halogens is 1. The first-order chi connectivity index (χ1) is 8.24. The first-order valence-electron chi connectivity index (χ1n) is 5.86. The molecule has 0 aliphatic heterocycles. The molecule has 92 valence electrons. The van der Waals surface area contributed by atoms with Crippen molar-refractivity contribution in [1.29, 1.82) is 0 Å². The van der Waals surface area contributed by atoms with E-state index in [4.69, 9.17) is 11.6 Å². The smallest absolute Gasteiger partial charge is 0.145 e. The van der Waals surface area contributed by atoms with Crippen LogP contribution in [0.2, 0.25) is 5.15 Å².